The summed E-state index contributed by atoms with van der Waals surface area (Å²) in [6, 6.07) is 0. The molecule has 1 rings (SSSR count). The van der Waals surface area contributed by atoms with Gasteiger partial charge in [0.15, 0.2) is 0 Å². The molecule has 0 unspecified atom stereocenters. The molecule has 0 aliphatic carbocycles. The first-order valence-corrected chi connectivity index (χ1v) is 3.59. The molecule has 1 heterocycles. The Labute approximate surface area is 71.7 Å². The van der Waals surface area contributed by atoms with Crippen LogP contribution in [0, 0.1) is 0 Å². The van der Waals surface area contributed by atoms with Crippen LogP contribution in [0.1, 0.15) is 6.92 Å². The molecule has 0 spiro atoms. The van der Waals surface area contributed by atoms with Crippen LogP contribution in [0.2, 0.25) is 0 Å². The summed E-state index contributed by atoms with van der Waals surface area (Å²) in [4.78, 5) is 3.84. The van der Waals surface area contributed by atoms with Crippen molar-refractivity contribution in [3.05, 3.63) is 43.5 Å². The van der Waals surface area contributed by atoms with E-state index in [0.29, 0.717) is 0 Å². The lowest BCUT2D eigenvalue weighted by Gasteiger charge is -2.03. The molecule has 0 saturated heterocycles. The SMILES string of the molecule is C=C/C=C(\C(=C)C)n1cncn1. The van der Waals surface area contributed by atoms with Crippen molar-refractivity contribution >= 4 is 5.70 Å². The highest BCUT2D eigenvalue weighted by molar-refractivity contribution is 5.62. The molecule has 12 heavy (non-hydrogen) atoms. The van der Waals surface area contributed by atoms with E-state index < -0.39 is 0 Å². The quantitative estimate of drug-likeness (QED) is 0.634. The number of allylic oxidation sites excluding steroid dienone is 4. The minimum Gasteiger partial charge on any atom is -0.223 e. The predicted octanol–water partition coefficient (Wildman–Crippen LogP) is 1.88. The van der Waals surface area contributed by atoms with Crippen molar-refractivity contribution in [1.82, 2.24) is 14.8 Å². The van der Waals surface area contributed by atoms with Gasteiger partial charge < -0.3 is 0 Å². The van der Waals surface area contributed by atoms with Crippen molar-refractivity contribution in [2.75, 3.05) is 0 Å². The van der Waals surface area contributed by atoms with Gasteiger partial charge in [-0.25, -0.2) is 9.67 Å². The van der Waals surface area contributed by atoms with Gasteiger partial charge in [-0.05, 0) is 18.6 Å². The monoisotopic (exact) mass is 161 g/mol. The normalized spacial score (nSPS) is 11.2. The fourth-order valence-electron chi connectivity index (χ4n) is 0.858. The lowest BCUT2D eigenvalue weighted by atomic mass is 10.2. The molecule has 0 radical (unpaired) electrons. The highest BCUT2D eigenvalue weighted by Crippen LogP contribution is 2.11. The third kappa shape index (κ3) is 1.69. The van der Waals surface area contributed by atoms with Crippen LogP contribution in [0.3, 0.4) is 0 Å². The number of aromatic nitrogens is 3. The highest BCUT2D eigenvalue weighted by Gasteiger charge is 1.99. The highest BCUT2D eigenvalue weighted by atomic mass is 15.3. The van der Waals surface area contributed by atoms with E-state index in [1.54, 1.807) is 17.1 Å². The number of hydrogen-bond acceptors (Lipinski definition) is 2. The maximum atomic E-state index is 3.99. The van der Waals surface area contributed by atoms with E-state index >= 15 is 0 Å². The fourth-order valence-corrected chi connectivity index (χ4v) is 0.858. The second-order valence-corrected chi connectivity index (χ2v) is 2.41. The molecule has 0 aliphatic rings. The van der Waals surface area contributed by atoms with Crippen molar-refractivity contribution in [1.29, 1.82) is 0 Å². The Kier molecular flexibility index (Phi) is 2.58. The Morgan fingerprint density at radius 1 is 1.58 bits per heavy atom. The molecule has 3 nitrogen and oxygen atoms in total. The van der Waals surface area contributed by atoms with Crippen molar-refractivity contribution in [3.63, 3.8) is 0 Å². The van der Waals surface area contributed by atoms with Crippen LogP contribution in [-0.2, 0) is 0 Å². The first-order chi connectivity index (χ1) is 5.75. The Hall–Kier alpha value is -1.64. The van der Waals surface area contributed by atoms with Gasteiger partial charge in [0.05, 0.1) is 5.70 Å². The number of rotatable bonds is 3. The Balaban J connectivity index is 3.04. The summed E-state index contributed by atoms with van der Waals surface area (Å²) >= 11 is 0. The van der Waals surface area contributed by atoms with Crippen molar-refractivity contribution in [3.8, 4) is 0 Å². The molecule has 0 bridgehead atoms. The second-order valence-electron chi connectivity index (χ2n) is 2.41. The van der Waals surface area contributed by atoms with Gasteiger partial charge in [0.1, 0.15) is 12.7 Å². The van der Waals surface area contributed by atoms with Crippen LogP contribution in [0.25, 0.3) is 5.70 Å². The van der Waals surface area contributed by atoms with Crippen LogP contribution in [0.15, 0.2) is 43.5 Å². The summed E-state index contributed by atoms with van der Waals surface area (Å²) < 4.78 is 1.66. The predicted molar refractivity (Wildman–Crippen MR) is 49.3 cm³/mol. The van der Waals surface area contributed by atoms with Gasteiger partial charge in [-0.1, -0.05) is 19.2 Å². The fraction of sp³-hybridized carbons (Fsp3) is 0.111. The average molecular weight is 161 g/mol. The summed E-state index contributed by atoms with van der Waals surface area (Å²) in [5.74, 6) is 0. The number of nitrogens with zero attached hydrogens (tertiary/aromatic N) is 3. The summed E-state index contributed by atoms with van der Waals surface area (Å²) in [6.07, 6.45) is 6.66. The van der Waals surface area contributed by atoms with Crippen LogP contribution in [-0.4, -0.2) is 14.8 Å². The van der Waals surface area contributed by atoms with Crippen molar-refractivity contribution in [2.24, 2.45) is 0 Å². The van der Waals surface area contributed by atoms with E-state index in [4.69, 9.17) is 0 Å². The smallest absolute Gasteiger partial charge is 0.138 e. The van der Waals surface area contributed by atoms with Gasteiger partial charge in [-0.3, -0.25) is 0 Å². The zero-order valence-corrected chi connectivity index (χ0v) is 7.07. The Morgan fingerprint density at radius 3 is 2.75 bits per heavy atom. The molecule has 0 aromatic carbocycles. The van der Waals surface area contributed by atoms with Gasteiger partial charge in [-0.15, -0.1) is 0 Å². The maximum Gasteiger partial charge on any atom is 0.138 e. The summed E-state index contributed by atoms with van der Waals surface area (Å²) in [7, 11) is 0. The third-order valence-electron chi connectivity index (χ3n) is 1.38. The largest absolute Gasteiger partial charge is 0.223 e. The van der Waals surface area contributed by atoms with Crippen LogP contribution in [0.4, 0.5) is 0 Å². The summed E-state index contributed by atoms with van der Waals surface area (Å²) in [5, 5.41) is 3.99. The minimum atomic E-state index is 0.905. The van der Waals surface area contributed by atoms with E-state index in [2.05, 4.69) is 23.2 Å². The molecule has 3 heteroatoms. The zero-order chi connectivity index (χ0) is 8.97. The van der Waals surface area contributed by atoms with Crippen LogP contribution in [0.5, 0.6) is 0 Å². The molecular weight excluding hydrogens is 150 g/mol. The van der Waals surface area contributed by atoms with E-state index in [1.807, 2.05) is 13.0 Å². The Bertz CT molecular complexity index is 307. The summed E-state index contributed by atoms with van der Waals surface area (Å²) in [5.41, 5.74) is 1.84. The van der Waals surface area contributed by atoms with Crippen molar-refractivity contribution < 1.29 is 0 Å². The molecule has 0 saturated carbocycles. The first kappa shape index (κ1) is 8.46. The van der Waals surface area contributed by atoms with E-state index in [0.717, 1.165) is 11.3 Å². The second kappa shape index (κ2) is 3.67. The van der Waals surface area contributed by atoms with Crippen LogP contribution < -0.4 is 0 Å². The molecule has 0 amide bonds. The first-order valence-electron chi connectivity index (χ1n) is 3.59. The molecule has 0 N–H and O–H groups in total. The molecule has 62 valence electrons. The minimum absolute atomic E-state index is 0.905. The zero-order valence-electron chi connectivity index (χ0n) is 7.07. The van der Waals surface area contributed by atoms with Gasteiger partial charge in [0.2, 0.25) is 0 Å². The molecule has 0 atom stereocenters. The lowest BCUT2D eigenvalue weighted by molar-refractivity contribution is 0.899. The van der Waals surface area contributed by atoms with Gasteiger partial charge in [0.25, 0.3) is 0 Å². The standard InChI is InChI=1S/C9H11N3/c1-4-5-9(8(2)3)12-7-10-6-11-12/h4-7H,1-2H2,3H3/b9-5+. The van der Waals surface area contributed by atoms with Gasteiger partial charge >= 0.3 is 0 Å². The number of hydrogen-bond donors (Lipinski definition) is 0. The van der Waals surface area contributed by atoms with Gasteiger partial charge in [-0.2, -0.15) is 5.10 Å². The molecular formula is C9H11N3. The average Bonchev–Trinajstić information content (AvgIpc) is 2.51. The summed E-state index contributed by atoms with van der Waals surface area (Å²) in [6.45, 7) is 9.35. The third-order valence-corrected chi connectivity index (χ3v) is 1.38. The topological polar surface area (TPSA) is 30.7 Å². The molecule has 0 aliphatic heterocycles. The van der Waals surface area contributed by atoms with E-state index in [1.165, 1.54) is 6.33 Å². The van der Waals surface area contributed by atoms with Crippen molar-refractivity contribution in [2.45, 2.75) is 6.92 Å². The maximum absolute atomic E-state index is 3.99. The van der Waals surface area contributed by atoms with E-state index in [9.17, 15) is 0 Å². The molecule has 0 fully saturated rings. The molecule has 1 aromatic rings. The molecule has 1 aromatic heterocycles. The van der Waals surface area contributed by atoms with E-state index in [-0.39, 0.29) is 0 Å². The van der Waals surface area contributed by atoms with Crippen LogP contribution >= 0.6 is 0 Å². The Morgan fingerprint density at radius 2 is 2.33 bits per heavy atom. The van der Waals surface area contributed by atoms with Gasteiger partial charge in [0, 0.05) is 0 Å². The lowest BCUT2D eigenvalue weighted by Crippen LogP contribution is -1.97.